The highest BCUT2D eigenvalue weighted by molar-refractivity contribution is 7.00. The molecule has 0 fully saturated rings. The zero-order chi connectivity index (χ0) is 69.1. The molecule has 8 aromatic rings. The van der Waals surface area contributed by atoms with Gasteiger partial charge in [-0.3, -0.25) is 0 Å². The summed E-state index contributed by atoms with van der Waals surface area (Å²) in [6.07, 6.45) is 8.09. The summed E-state index contributed by atoms with van der Waals surface area (Å²) in [7, 11) is 0. The SMILES string of the molecule is Cc1cc2c(cc1N1c3cc4c(cc3B3c5ccc6c(c5N(c5cc7c(cc5C)C(C)(C)CCC7(C)C)c5cc(N(c7ccc(C(C)(C)C)cc7)c7ccc(C(C)(C)C)cc7)cc1c53)C(C)(C)c1cc3c(cc1-6)C(C)(C)CCC3(C)C)C(C)(C)CC4(C)C)C(C)(C)CCC2(C)C. The molecule has 0 amide bonds. The van der Waals surface area contributed by atoms with E-state index in [1.165, 1.54) is 165 Å². The first-order chi connectivity index (χ1) is 44.4. The molecule has 5 aliphatic carbocycles. The van der Waals surface area contributed by atoms with Crippen LogP contribution >= 0.6 is 0 Å². The monoisotopic (exact) mass is 1270 g/mol. The van der Waals surface area contributed by atoms with Crippen LogP contribution in [0.5, 0.6) is 0 Å². The summed E-state index contributed by atoms with van der Waals surface area (Å²) in [5.41, 5.74) is 38.3. The molecule has 7 aliphatic rings. The Bertz CT molecular complexity index is 4570. The maximum Gasteiger partial charge on any atom is 0.252 e. The predicted octanol–water partition coefficient (Wildman–Crippen LogP) is 23.8. The van der Waals surface area contributed by atoms with Crippen molar-refractivity contribution in [3.63, 3.8) is 0 Å². The average Bonchev–Trinajstić information content (AvgIpc) is 1.29. The van der Waals surface area contributed by atoms with Crippen LogP contribution in [0, 0.1) is 13.8 Å². The molecule has 0 unspecified atom stereocenters. The van der Waals surface area contributed by atoms with Gasteiger partial charge in [-0.15, -0.1) is 0 Å². The molecule has 4 heteroatoms. The average molecular weight is 1270 g/mol. The highest BCUT2D eigenvalue weighted by Gasteiger charge is 2.53. The van der Waals surface area contributed by atoms with E-state index in [0.29, 0.717) is 0 Å². The summed E-state index contributed by atoms with van der Waals surface area (Å²) in [5.74, 6) is 0. The highest BCUT2D eigenvalue weighted by atomic mass is 15.2. The second-order valence-electron chi connectivity index (χ2n) is 39.5. The van der Waals surface area contributed by atoms with E-state index in [1.807, 2.05) is 0 Å². The minimum absolute atomic E-state index is 0.00743. The molecule has 2 aliphatic heterocycles. The van der Waals surface area contributed by atoms with Crippen LogP contribution in [0.2, 0.25) is 0 Å². The maximum absolute atomic E-state index is 2.89. The van der Waals surface area contributed by atoms with E-state index in [2.05, 4.69) is 316 Å². The lowest BCUT2D eigenvalue weighted by Gasteiger charge is -2.48. The largest absolute Gasteiger partial charge is 0.311 e. The van der Waals surface area contributed by atoms with E-state index in [9.17, 15) is 0 Å². The maximum atomic E-state index is 2.89. The lowest BCUT2D eigenvalue weighted by molar-refractivity contribution is 0.331. The third-order valence-electron chi connectivity index (χ3n) is 26.3. The van der Waals surface area contributed by atoms with Gasteiger partial charge in [-0.05, 0) is 279 Å². The zero-order valence-corrected chi connectivity index (χ0v) is 63.9. The van der Waals surface area contributed by atoms with Crippen molar-refractivity contribution in [2.75, 3.05) is 14.7 Å². The molecule has 15 rings (SSSR count). The lowest BCUT2D eigenvalue weighted by Crippen LogP contribution is -2.62. The molecular weight excluding hydrogens is 1160 g/mol. The van der Waals surface area contributed by atoms with E-state index in [4.69, 9.17) is 0 Å². The normalized spacial score (nSPS) is 20.8. The van der Waals surface area contributed by atoms with Gasteiger partial charge in [0.05, 0.1) is 5.69 Å². The quantitative estimate of drug-likeness (QED) is 0.159. The number of nitrogens with zero attached hydrogens (tertiary/aromatic N) is 3. The summed E-state index contributed by atoms with van der Waals surface area (Å²) in [6.45, 7) is 64.2. The smallest absolute Gasteiger partial charge is 0.252 e. The van der Waals surface area contributed by atoms with Gasteiger partial charge in [0.15, 0.2) is 0 Å². The van der Waals surface area contributed by atoms with Crippen molar-refractivity contribution in [1.82, 2.24) is 0 Å². The van der Waals surface area contributed by atoms with Crippen LogP contribution in [-0.2, 0) is 59.6 Å². The summed E-state index contributed by atoms with van der Waals surface area (Å²) in [4.78, 5) is 8.32. The molecule has 0 spiro atoms. The Labute approximate surface area is 580 Å². The van der Waals surface area contributed by atoms with Gasteiger partial charge < -0.3 is 14.7 Å². The van der Waals surface area contributed by atoms with Gasteiger partial charge in [-0.25, -0.2) is 0 Å². The Morgan fingerprint density at radius 1 is 0.333 bits per heavy atom. The van der Waals surface area contributed by atoms with Gasteiger partial charge in [0.2, 0.25) is 0 Å². The van der Waals surface area contributed by atoms with E-state index < -0.39 is 0 Å². The van der Waals surface area contributed by atoms with Crippen molar-refractivity contribution in [2.45, 2.75) is 285 Å². The molecule has 0 saturated carbocycles. The number of aryl methyl sites for hydroxylation is 2. The standard InChI is InChI=1S/C92H112BN3/c1-54-43-64-69(88(17,18)41-37-84(64,9)10)50-74(54)95-76-52-71-68(90(21,22)53-91(71,23)24)49-73(76)93-72-36-35-61-62-47-66-67(87(15,16)40-39-86(66,13)14)48-63(62)92(25,26)79(61)81(72)96(75-51-70-65(44-55(75)2)85(11,12)38-42-89(70,19)20)78-46-60(45-77(95)80(78)93)94(58-31-27-56(28-32-58)82(3,4)5)59-33-29-57(30-34-59)83(6,7)8/h27-36,43-52H,37-42,53H2,1-26H3. The summed E-state index contributed by atoms with van der Waals surface area (Å²) < 4.78 is 0. The molecule has 8 aromatic carbocycles. The minimum Gasteiger partial charge on any atom is -0.311 e. The molecular formula is C92H112BN3. The molecule has 0 saturated heterocycles. The number of hydrogen-bond donors (Lipinski definition) is 0. The Hall–Kier alpha value is -6.78. The first-order valence-electron chi connectivity index (χ1n) is 37.0. The van der Waals surface area contributed by atoms with Gasteiger partial charge in [0.1, 0.15) is 0 Å². The molecule has 0 N–H and O–H groups in total. The van der Waals surface area contributed by atoms with Crippen LogP contribution < -0.4 is 31.1 Å². The summed E-state index contributed by atoms with van der Waals surface area (Å²) in [5, 5.41) is 0. The van der Waals surface area contributed by atoms with E-state index in [1.54, 1.807) is 0 Å². The zero-order valence-electron chi connectivity index (χ0n) is 63.9. The Kier molecular flexibility index (Phi) is 13.7. The Morgan fingerprint density at radius 2 is 0.708 bits per heavy atom. The fourth-order valence-corrected chi connectivity index (χ4v) is 20.1. The van der Waals surface area contributed by atoms with Gasteiger partial charge in [-0.2, -0.15) is 0 Å². The summed E-state index contributed by atoms with van der Waals surface area (Å²) in [6, 6.07) is 51.3. The lowest BCUT2D eigenvalue weighted by atomic mass is 9.33. The van der Waals surface area contributed by atoms with Gasteiger partial charge in [-0.1, -0.05) is 227 Å². The molecule has 0 radical (unpaired) electrons. The highest BCUT2D eigenvalue weighted by Crippen LogP contribution is 2.62. The molecule has 2 heterocycles. The van der Waals surface area contributed by atoms with Crippen molar-refractivity contribution in [1.29, 1.82) is 0 Å². The van der Waals surface area contributed by atoms with Gasteiger partial charge >= 0.3 is 0 Å². The predicted molar refractivity (Wildman–Crippen MR) is 416 cm³/mol. The Balaban J connectivity index is 1.14. The van der Waals surface area contributed by atoms with Crippen LogP contribution in [0.15, 0.2) is 121 Å². The molecule has 498 valence electrons. The molecule has 0 aromatic heterocycles. The first kappa shape index (κ1) is 65.2. The topological polar surface area (TPSA) is 9.72 Å². The Morgan fingerprint density at radius 3 is 1.16 bits per heavy atom. The van der Waals surface area contributed by atoms with Crippen molar-refractivity contribution < 1.29 is 0 Å². The van der Waals surface area contributed by atoms with Crippen LogP contribution in [-0.4, -0.2) is 6.71 Å². The van der Waals surface area contributed by atoms with Crippen molar-refractivity contribution >= 4 is 74.3 Å². The second-order valence-corrected chi connectivity index (χ2v) is 39.5. The van der Waals surface area contributed by atoms with E-state index in [-0.39, 0.29) is 66.3 Å². The van der Waals surface area contributed by atoms with Crippen molar-refractivity contribution in [3.8, 4) is 11.1 Å². The van der Waals surface area contributed by atoms with E-state index in [0.717, 1.165) is 36.3 Å². The first-order valence-corrected chi connectivity index (χ1v) is 37.0. The minimum atomic E-state index is -0.355. The second kappa shape index (κ2) is 20.2. The van der Waals surface area contributed by atoms with Crippen molar-refractivity contribution in [2.24, 2.45) is 0 Å². The van der Waals surface area contributed by atoms with E-state index >= 15 is 0 Å². The number of benzene rings is 8. The third kappa shape index (κ3) is 9.50. The fraction of sp³-hybridized carbons (Fsp3) is 0.478. The molecule has 3 nitrogen and oxygen atoms in total. The molecule has 0 bridgehead atoms. The van der Waals surface area contributed by atoms with Gasteiger partial charge in [0.25, 0.3) is 6.71 Å². The van der Waals surface area contributed by atoms with Crippen LogP contribution in [0.25, 0.3) is 11.1 Å². The van der Waals surface area contributed by atoms with Crippen LogP contribution in [0.1, 0.15) is 289 Å². The number of fused-ring (bicyclic) bond motifs is 12. The number of rotatable bonds is 5. The van der Waals surface area contributed by atoms with Crippen molar-refractivity contribution in [3.05, 3.63) is 199 Å². The molecule has 0 atom stereocenters. The molecule has 96 heavy (non-hydrogen) atoms. The van der Waals surface area contributed by atoms with Gasteiger partial charge in [0, 0.05) is 50.9 Å². The number of anilines is 9. The van der Waals surface area contributed by atoms with Crippen LogP contribution in [0.4, 0.5) is 51.2 Å². The third-order valence-corrected chi connectivity index (χ3v) is 26.3. The van der Waals surface area contributed by atoms with Crippen LogP contribution in [0.3, 0.4) is 0 Å². The summed E-state index contributed by atoms with van der Waals surface area (Å²) >= 11 is 0. The fourth-order valence-electron chi connectivity index (χ4n) is 20.1. The number of hydrogen-bond acceptors (Lipinski definition) is 3.